The summed E-state index contributed by atoms with van der Waals surface area (Å²) < 4.78 is 0. The lowest BCUT2D eigenvalue weighted by Crippen LogP contribution is -2.44. The fraction of sp³-hybridized carbons (Fsp3) is 0.846. The van der Waals surface area contributed by atoms with E-state index in [4.69, 9.17) is 0 Å². The van der Waals surface area contributed by atoms with E-state index >= 15 is 0 Å². The van der Waals surface area contributed by atoms with Gasteiger partial charge in [0.2, 0.25) is 5.91 Å². The quantitative estimate of drug-likeness (QED) is 0.564. The van der Waals surface area contributed by atoms with Crippen molar-refractivity contribution in [2.45, 2.75) is 45.7 Å². The van der Waals surface area contributed by atoms with Crippen LogP contribution < -0.4 is 10.6 Å². The number of guanidine groups is 1. The Balaban J connectivity index is 2.52. The van der Waals surface area contributed by atoms with Crippen molar-refractivity contribution in [2.75, 3.05) is 20.6 Å². The third-order valence-corrected chi connectivity index (χ3v) is 3.30. The maximum absolute atomic E-state index is 11.5. The molecule has 0 aromatic rings. The zero-order valence-electron chi connectivity index (χ0n) is 12.2. The van der Waals surface area contributed by atoms with Gasteiger partial charge < -0.3 is 15.5 Å². The molecule has 1 amide bonds. The van der Waals surface area contributed by atoms with Crippen molar-refractivity contribution in [1.29, 1.82) is 0 Å². The maximum Gasteiger partial charge on any atom is 0.243 e. The van der Waals surface area contributed by atoms with Crippen LogP contribution >= 0.6 is 0 Å². The standard InChI is InChI=1S/C13H26N4O/c1-6-10(3)15-13(16-11-7-9(11)2)14-8-12(18)17(4)5/h9-11H,6-8H2,1-5H3,(H2,14,15,16). The number of rotatable bonds is 5. The lowest BCUT2D eigenvalue weighted by molar-refractivity contribution is -0.127. The molecule has 1 fully saturated rings. The molecule has 5 heteroatoms. The van der Waals surface area contributed by atoms with Crippen LogP contribution in [0.15, 0.2) is 4.99 Å². The van der Waals surface area contributed by atoms with Crippen LogP contribution in [0.1, 0.15) is 33.6 Å². The summed E-state index contributed by atoms with van der Waals surface area (Å²) in [5, 5.41) is 6.69. The van der Waals surface area contributed by atoms with Gasteiger partial charge in [0.25, 0.3) is 0 Å². The molecule has 3 unspecified atom stereocenters. The molecule has 0 spiro atoms. The zero-order valence-corrected chi connectivity index (χ0v) is 12.2. The van der Waals surface area contributed by atoms with Crippen LogP contribution in [0.4, 0.5) is 0 Å². The third kappa shape index (κ3) is 4.94. The topological polar surface area (TPSA) is 56.7 Å². The molecule has 2 N–H and O–H groups in total. The van der Waals surface area contributed by atoms with E-state index in [9.17, 15) is 4.79 Å². The highest BCUT2D eigenvalue weighted by molar-refractivity contribution is 5.85. The largest absolute Gasteiger partial charge is 0.354 e. The summed E-state index contributed by atoms with van der Waals surface area (Å²) in [7, 11) is 3.49. The molecule has 0 saturated heterocycles. The monoisotopic (exact) mass is 254 g/mol. The molecule has 0 radical (unpaired) electrons. The molecule has 1 aliphatic rings. The van der Waals surface area contributed by atoms with Crippen molar-refractivity contribution in [2.24, 2.45) is 10.9 Å². The second-order valence-electron chi connectivity index (χ2n) is 5.37. The van der Waals surface area contributed by atoms with Gasteiger partial charge in [-0.3, -0.25) is 4.79 Å². The summed E-state index contributed by atoms with van der Waals surface area (Å²) >= 11 is 0. The van der Waals surface area contributed by atoms with Gasteiger partial charge in [0.05, 0.1) is 0 Å². The predicted molar refractivity (Wildman–Crippen MR) is 74.6 cm³/mol. The van der Waals surface area contributed by atoms with Crippen molar-refractivity contribution in [3.63, 3.8) is 0 Å². The van der Waals surface area contributed by atoms with Gasteiger partial charge in [0.1, 0.15) is 6.54 Å². The smallest absolute Gasteiger partial charge is 0.243 e. The maximum atomic E-state index is 11.5. The van der Waals surface area contributed by atoms with Gasteiger partial charge in [0, 0.05) is 26.2 Å². The molecule has 3 atom stereocenters. The highest BCUT2D eigenvalue weighted by Gasteiger charge is 2.33. The lowest BCUT2D eigenvalue weighted by atomic mass is 10.3. The number of carbonyl (C=O) groups excluding carboxylic acids is 1. The molecule has 0 aliphatic heterocycles. The van der Waals surface area contributed by atoms with E-state index < -0.39 is 0 Å². The first kappa shape index (κ1) is 14.8. The minimum absolute atomic E-state index is 0.0177. The molecule has 1 saturated carbocycles. The Morgan fingerprint density at radius 2 is 2.11 bits per heavy atom. The van der Waals surface area contributed by atoms with Crippen LogP contribution in [0.5, 0.6) is 0 Å². The normalized spacial score (nSPS) is 24.4. The summed E-state index contributed by atoms with van der Waals surface area (Å²) in [5.41, 5.74) is 0. The molecule has 1 rings (SSSR count). The van der Waals surface area contributed by atoms with Gasteiger partial charge in [-0.2, -0.15) is 0 Å². The Labute approximate surface area is 110 Å². The number of aliphatic imine (C=N–C) groups is 1. The van der Waals surface area contributed by atoms with E-state index in [1.54, 1.807) is 19.0 Å². The number of likely N-dealkylation sites (N-methyl/N-ethyl adjacent to an activating group) is 1. The van der Waals surface area contributed by atoms with E-state index in [1.165, 1.54) is 6.42 Å². The first-order valence-corrected chi connectivity index (χ1v) is 6.71. The Hall–Kier alpha value is -1.26. The molecule has 1 aliphatic carbocycles. The van der Waals surface area contributed by atoms with Gasteiger partial charge >= 0.3 is 0 Å². The Bertz CT molecular complexity index is 306. The van der Waals surface area contributed by atoms with E-state index in [0.717, 1.165) is 12.4 Å². The van der Waals surface area contributed by atoms with E-state index in [-0.39, 0.29) is 12.5 Å². The predicted octanol–water partition coefficient (Wildman–Crippen LogP) is 0.817. The molecular weight excluding hydrogens is 228 g/mol. The molecule has 0 heterocycles. The summed E-state index contributed by atoms with van der Waals surface area (Å²) in [6, 6.07) is 0.870. The van der Waals surface area contributed by atoms with Gasteiger partial charge in [-0.15, -0.1) is 0 Å². The van der Waals surface area contributed by atoms with Crippen molar-refractivity contribution in [1.82, 2.24) is 15.5 Å². The van der Waals surface area contributed by atoms with E-state index in [0.29, 0.717) is 18.0 Å². The minimum Gasteiger partial charge on any atom is -0.354 e. The summed E-state index contributed by atoms with van der Waals surface area (Å²) in [6.07, 6.45) is 2.21. The zero-order chi connectivity index (χ0) is 13.7. The second kappa shape index (κ2) is 6.61. The van der Waals surface area contributed by atoms with Crippen molar-refractivity contribution in [3.8, 4) is 0 Å². The third-order valence-electron chi connectivity index (χ3n) is 3.30. The summed E-state index contributed by atoms with van der Waals surface area (Å²) in [6.45, 7) is 6.64. The fourth-order valence-corrected chi connectivity index (χ4v) is 1.46. The van der Waals surface area contributed by atoms with Crippen LogP contribution in [0.3, 0.4) is 0 Å². The van der Waals surface area contributed by atoms with Crippen LogP contribution in [0, 0.1) is 5.92 Å². The number of hydrogen-bond donors (Lipinski definition) is 2. The molecule has 104 valence electrons. The van der Waals surface area contributed by atoms with Gasteiger partial charge in [-0.05, 0) is 25.7 Å². The van der Waals surface area contributed by atoms with Gasteiger partial charge in [-0.25, -0.2) is 4.99 Å². The number of nitrogens with zero attached hydrogens (tertiary/aromatic N) is 2. The second-order valence-corrected chi connectivity index (χ2v) is 5.37. The van der Waals surface area contributed by atoms with Crippen LogP contribution in [-0.2, 0) is 4.79 Å². The fourth-order valence-electron chi connectivity index (χ4n) is 1.46. The first-order chi connectivity index (χ1) is 8.43. The van der Waals surface area contributed by atoms with Crippen molar-refractivity contribution in [3.05, 3.63) is 0 Å². The number of nitrogens with one attached hydrogen (secondary N) is 2. The Morgan fingerprint density at radius 3 is 2.56 bits per heavy atom. The highest BCUT2D eigenvalue weighted by atomic mass is 16.2. The van der Waals surface area contributed by atoms with Gasteiger partial charge in [-0.1, -0.05) is 13.8 Å². The van der Waals surface area contributed by atoms with E-state index in [1.807, 2.05) is 0 Å². The molecule has 0 bridgehead atoms. The molecule has 0 aromatic carbocycles. The average Bonchev–Trinajstić information content (AvgIpc) is 3.00. The van der Waals surface area contributed by atoms with Crippen molar-refractivity contribution >= 4 is 11.9 Å². The number of carbonyl (C=O) groups is 1. The number of hydrogen-bond acceptors (Lipinski definition) is 2. The van der Waals surface area contributed by atoms with Crippen LogP contribution in [-0.4, -0.2) is 49.5 Å². The summed E-state index contributed by atoms with van der Waals surface area (Å²) in [4.78, 5) is 17.4. The molecular formula is C13H26N4O. The van der Waals surface area contributed by atoms with Gasteiger partial charge in [0.15, 0.2) is 5.96 Å². The Kier molecular flexibility index (Phi) is 5.44. The SMILES string of the molecule is CCC(C)NC(=NCC(=O)N(C)C)NC1CC1C. The average molecular weight is 254 g/mol. The van der Waals surface area contributed by atoms with E-state index in [2.05, 4.69) is 36.4 Å². The highest BCUT2D eigenvalue weighted by Crippen LogP contribution is 2.28. The molecule has 18 heavy (non-hydrogen) atoms. The number of amides is 1. The first-order valence-electron chi connectivity index (χ1n) is 6.71. The van der Waals surface area contributed by atoms with Crippen LogP contribution in [0.25, 0.3) is 0 Å². The van der Waals surface area contributed by atoms with Crippen LogP contribution in [0.2, 0.25) is 0 Å². The summed E-state index contributed by atoms with van der Waals surface area (Å²) in [5.74, 6) is 1.48. The Morgan fingerprint density at radius 1 is 1.50 bits per heavy atom. The lowest BCUT2D eigenvalue weighted by Gasteiger charge is -2.17. The van der Waals surface area contributed by atoms with Crippen molar-refractivity contribution < 1.29 is 4.79 Å². The minimum atomic E-state index is 0.0177. The molecule has 0 aromatic heterocycles. The molecule has 5 nitrogen and oxygen atoms in total.